The predicted molar refractivity (Wildman–Crippen MR) is 98.2 cm³/mol. The number of thiazole rings is 1. The van der Waals surface area contributed by atoms with Crippen molar-refractivity contribution in [2.45, 2.75) is 32.2 Å². The predicted octanol–water partition coefficient (Wildman–Crippen LogP) is 2.60. The maximum Gasteiger partial charge on any atom is 0.227 e. The lowest BCUT2D eigenvalue weighted by Crippen LogP contribution is -2.44. The zero-order valence-corrected chi connectivity index (χ0v) is 15.2. The van der Waals surface area contributed by atoms with Crippen LogP contribution in [0, 0.1) is 5.41 Å². The maximum atomic E-state index is 12.5. The zero-order valence-electron chi connectivity index (χ0n) is 14.4. The van der Waals surface area contributed by atoms with Crippen LogP contribution in [0.1, 0.15) is 29.8 Å². The molecule has 4 rings (SSSR count). The molecule has 2 aliphatic heterocycles. The Kier molecular flexibility index (Phi) is 4.81. The smallest absolute Gasteiger partial charge is 0.227 e. The van der Waals surface area contributed by atoms with E-state index in [1.807, 2.05) is 28.6 Å². The van der Waals surface area contributed by atoms with E-state index in [1.54, 1.807) is 23.7 Å². The Hall–Kier alpha value is -1.79. The number of carbonyl (C=O) groups excluding carboxylic acids is 1. The summed E-state index contributed by atoms with van der Waals surface area (Å²) < 4.78 is 0. The molecule has 6 heteroatoms. The van der Waals surface area contributed by atoms with E-state index < -0.39 is 0 Å². The molecule has 4 heterocycles. The minimum Gasteiger partial charge on any atom is -0.342 e. The molecular formula is C19H24N4OS. The van der Waals surface area contributed by atoms with Crippen molar-refractivity contribution >= 4 is 17.2 Å². The van der Waals surface area contributed by atoms with E-state index >= 15 is 0 Å². The van der Waals surface area contributed by atoms with E-state index in [0.717, 1.165) is 51.1 Å². The summed E-state index contributed by atoms with van der Waals surface area (Å²) in [5.74, 6) is 0.237. The molecule has 0 N–H and O–H groups in total. The van der Waals surface area contributed by atoms with Gasteiger partial charge in [-0.05, 0) is 42.9 Å². The highest BCUT2D eigenvalue weighted by atomic mass is 32.1. The van der Waals surface area contributed by atoms with Crippen LogP contribution in [0.15, 0.2) is 36.1 Å². The third-order valence-corrected chi connectivity index (χ3v) is 6.38. The highest BCUT2D eigenvalue weighted by molar-refractivity contribution is 7.09. The lowest BCUT2D eigenvalue weighted by atomic mass is 9.77. The molecule has 2 saturated heterocycles. The van der Waals surface area contributed by atoms with Crippen molar-refractivity contribution in [2.24, 2.45) is 5.41 Å². The summed E-state index contributed by atoms with van der Waals surface area (Å²) in [7, 11) is 0. The number of aromatic nitrogens is 2. The normalized spacial score (nSPS) is 20.2. The third-order valence-electron chi connectivity index (χ3n) is 5.61. The molecule has 1 spiro atoms. The summed E-state index contributed by atoms with van der Waals surface area (Å²) >= 11 is 1.74. The van der Waals surface area contributed by atoms with Crippen molar-refractivity contribution in [3.63, 3.8) is 0 Å². The van der Waals surface area contributed by atoms with E-state index in [0.29, 0.717) is 11.8 Å². The minimum absolute atomic E-state index is 0.237. The quantitative estimate of drug-likeness (QED) is 0.845. The van der Waals surface area contributed by atoms with E-state index in [2.05, 4.69) is 14.9 Å². The van der Waals surface area contributed by atoms with E-state index in [-0.39, 0.29) is 5.91 Å². The summed E-state index contributed by atoms with van der Waals surface area (Å²) in [5.41, 5.74) is 1.41. The fourth-order valence-electron chi connectivity index (χ4n) is 4.11. The first kappa shape index (κ1) is 16.7. The Bertz CT molecular complexity index is 695. The number of hydrogen-bond acceptors (Lipinski definition) is 5. The first-order chi connectivity index (χ1) is 12.2. The molecule has 0 aromatic carbocycles. The number of carbonyl (C=O) groups is 1. The minimum atomic E-state index is 0.237. The molecule has 1 amide bonds. The monoisotopic (exact) mass is 356 g/mol. The average Bonchev–Trinajstić information content (AvgIpc) is 3.27. The summed E-state index contributed by atoms with van der Waals surface area (Å²) in [5, 5.41) is 3.26. The second kappa shape index (κ2) is 7.22. The highest BCUT2D eigenvalue weighted by Crippen LogP contribution is 2.40. The van der Waals surface area contributed by atoms with Crippen LogP contribution in [-0.2, 0) is 17.8 Å². The molecule has 0 atom stereocenters. The van der Waals surface area contributed by atoms with Crippen molar-refractivity contribution in [2.75, 3.05) is 26.2 Å². The third kappa shape index (κ3) is 3.90. The molecule has 0 aliphatic carbocycles. The van der Waals surface area contributed by atoms with Crippen LogP contribution in [0.4, 0.5) is 0 Å². The van der Waals surface area contributed by atoms with Crippen molar-refractivity contribution in [1.82, 2.24) is 19.8 Å². The molecule has 0 bridgehead atoms. The van der Waals surface area contributed by atoms with Gasteiger partial charge in [0.25, 0.3) is 0 Å². The van der Waals surface area contributed by atoms with Crippen LogP contribution in [0.5, 0.6) is 0 Å². The van der Waals surface area contributed by atoms with Crippen molar-refractivity contribution in [3.05, 3.63) is 46.7 Å². The van der Waals surface area contributed by atoms with Gasteiger partial charge in [-0.25, -0.2) is 4.98 Å². The Morgan fingerprint density at radius 2 is 2.04 bits per heavy atom. The first-order valence-electron chi connectivity index (χ1n) is 9.00. The molecule has 2 aliphatic rings. The van der Waals surface area contributed by atoms with Crippen LogP contribution < -0.4 is 0 Å². The molecule has 132 valence electrons. The van der Waals surface area contributed by atoms with Gasteiger partial charge in [0, 0.05) is 43.6 Å². The molecule has 0 saturated carbocycles. The summed E-state index contributed by atoms with van der Waals surface area (Å²) in [4.78, 5) is 25.6. The van der Waals surface area contributed by atoms with Gasteiger partial charge in [0.05, 0.1) is 13.0 Å². The maximum absolute atomic E-state index is 12.5. The Balaban J connectivity index is 1.29. The van der Waals surface area contributed by atoms with Crippen LogP contribution in [0.3, 0.4) is 0 Å². The molecule has 2 aromatic heterocycles. The van der Waals surface area contributed by atoms with Gasteiger partial charge in [0.1, 0.15) is 5.01 Å². The lowest BCUT2D eigenvalue weighted by Gasteiger charge is -2.39. The standard InChI is InChI=1S/C19H24N4OS/c24-18(12-16-2-1-6-20-13-16)23-9-4-19(5-10-23)3-8-22(15-19)14-17-21-7-11-25-17/h1-2,6-7,11,13H,3-5,8-10,12,14-15H2. The molecule has 5 nitrogen and oxygen atoms in total. The van der Waals surface area contributed by atoms with E-state index in [4.69, 9.17) is 0 Å². The van der Waals surface area contributed by atoms with Gasteiger partial charge in [-0.3, -0.25) is 14.7 Å². The second-order valence-electron chi connectivity index (χ2n) is 7.31. The Labute approximate surface area is 152 Å². The SMILES string of the molecule is O=C(Cc1cccnc1)N1CCC2(CCN(Cc3nccs3)C2)CC1. The van der Waals surface area contributed by atoms with E-state index in [9.17, 15) is 4.79 Å². The molecule has 0 unspecified atom stereocenters. The van der Waals surface area contributed by atoms with Gasteiger partial charge >= 0.3 is 0 Å². The van der Waals surface area contributed by atoms with Gasteiger partial charge in [-0.2, -0.15) is 0 Å². The van der Waals surface area contributed by atoms with Gasteiger partial charge < -0.3 is 4.90 Å². The number of pyridine rings is 1. The van der Waals surface area contributed by atoms with Crippen molar-refractivity contribution in [3.8, 4) is 0 Å². The number of piperidine rings is 1. The van der Waals surface area contributed by atoms with Crippen LogP contribution >= 0.6 is 11.3 Å². The first-order valence-corrected chi connectivity index (χ1v) is 9.88. The molecule has 25 heavy (non-hydrogen) atoms. The number of hydrogen-bond donors (Lipinski definition) is 0. The second-order valence-corrected chi connectivity index (χ2v) is 8.28. The van der Waals surface area contributed by atoms with Crippen LogP contribution in [-0.4, -0.2) is 51.9 Å². The lowest BCUT2D eigenvalue weighted by molar-refractivity contribution is -0.132. The fourth-order valence-corrected chi connectivity index (χ4v) is 4.77. The van der Waals surface area contributed by atoms with Crippen LogP contribution in [0.2, 0.25) is 0 Å². The molecular weight excluding hydrogens is 332 g/mol. The topological polar surface area (TPSA) is 49.3 Å². The van der Waals surface area contributed by atoms with Gasteiger partial charge in [0.2, 0.25) is 5.91 Å². The largest absolute Gasteiger partial charge is 0.342 e. The van der Waals surface area contributed by atoms with E-state index in [1.165, 1.54) is 11.4 Å². The molecule has 2 aromatic rings. The summed E-state index contributed by atoms with van der Waals surface area (Å²) in [6, 6.07) is 3.87. The number of amides is 1. The zero-order chi connectivity index (χ0) is 17.1. The molecule has 0 radical (unpaired) electrons. The van der Waals surface area contributed by atoms with Crippen molar-refractivity contribution in [1.29, 1.82) is 0 Å². The number of nitrogens with zero attached hydrogens (tertiary/aromatic N) is 4. The Morgan fingerprint density at radius 3 is 2.76 bits per heavy atom. The van der Waals surface area contributed by atoms with Crippen LogP contribution in [0.25, 0.3) is 0 Å². The van der Waals surface area contributed by atoms with Gasteiger partial charge in [-0.15, -0.1) is 11.3 Å². The highest BCUT2D eigenvalue weighted by Gasteiger charge is 2.41. The Morgan fingerprint density at radius 1 is 1.20 bits per heavy atom. The average molecular weight is 356 g/mol. The number of likely N-dealkylation sites (tertiary alicyclic amines) is 2. The molecule has 2 fully saturated rings. The number of rotatable bonds is 4. The summed E-state index contributed by atoms with van der Waals surface area (Å²) in [6.45, 7) is 5.07. The van der Waals surface area contributed by atoms with Crippen molar-refractivity contribution < 1.29 is 4.79 Å². The van der Waals surface area contributed by atoms with Gasteiger partial charge in [-0.1, -0.05) is 6.07 Å². The summed E-state index contributed by atoms with van der Waals surface area (Å²) in [6.07, 6.45) is 9.39. The van der Waals surface area contributed by atoms with Gasteiger partial charge in [0.15, 0.2) is 0 Å². The fraction of sp³-hybridized carbons (Fsp3) is 0.526.